The summed E-state index contributed by atoms with van der Waals surface area (Å²) in [4.78, 5) is 0. The van der Waals surface area contributed by atoms with Crippen LogP contribution in [0.4, 0.5) is 13.2 Å². The number of alkyl halides is 3. The zero-order chi connectivity index (χ0) is 7.94. The molecule has 0 radical (unpaired) electrons. The van der Waals surface area contributed by atoms with Crippen LogP contribution in [0, 0.1) is 17.8 Å². The van der Waals surface area contributed by atoms with Crippen LogP contribution in [-0.4, -0.2) is 6.18 Å². The molecule has 0 aliphatic heterocycles. The minimum absolute atomic E-state index is 0.0972. The summed E-state index contributed by atoms with van der Waals surface area (Å²) in [5.74, 6) is -0.904. The van der Waals surface area contributed by atoms with Gasteiger partial charge in [0.2, 0.25) is 0 Å². The topological polar surface area (TPSA) is 0 Å². The fourth-order valence-electron chi connectivity index (χ4n) is 1.33. The van der Waals surface area contributed by atoms with Gasteiger partial charge in [0.1, 0.15) is 0 Å². The van der Waals surface area contributed by atoms with Crippen molar-refractivity contribution >= 4 is 0 Å². The molecule has 0 aromatic heterocycles. The molecule has 0 nitrogen and oxygen atoms in total. The van der Waals surface area contributed by atoms with Gasteiger partial charge in [-0.05, 0) is 18.3 Å². The maximum atomic E-state index is 11.9. The highest BCUT2D eigenvalue weighted by atomic mass is 19.4. The fraction of sp³-hybridized carbons (Fsp3) is 1.00. The van der Waals surface area contributed by atoms with E-state index in [1.165, 1.54) is 0 Å². The number of rotatable bonds is 1. The second-order valence-electron chi connectivity index (χ2n) is 3.29. The van der Waals surface area contributed by atoms with Crippen LogP contribution in [0.3, 0.4) is 0 Å². The summed E-state index contributed by atoms with van der Waals surface area (Å²) in [5, 5.41) is 0. The number of halogens is 3. The molecule has 1 rings (SSSR count). The molecule has 1 saturated carbocycles. The Kier molecular flexibility index (Phi) is 1.69. The van der Waals surface area contributed by atoms with E-state index in [0.717, 1.165) is 0 Å². The van der Waals surface area contributed by atoms with Crippen molar-refractivity contribution in [1.29, 1.82) is 0 Å². The summed E-state index contributed by atoms with van der Waals surface area (Å²) < 4.78 is 35.6. The quantitative estimate of drug-likeness (QED) is 0.542. The molecule has 0 amide bonds. The largest absolute Gasteiger partial charge is 0.392 e. The Labute approximate surface area is 58.4 Å². The highest BCUT2D eigenvalue weighted by Gasteiger charge is 2.56. The molecular formula is C7H11F3. The normalized spacial score (nSPS) is 33.0. The Bertz CT molecular complexity index is 125. The van der Waals surface area contributed by atoms with E-state index in [2.05, 4.69) is 0 Å². The van der Waals surface area contributed by atoms with Gasteiger partial charge in [-0.1, -0.05) is 13.8 Å². The van der Waals surface area contributed by atoms with E-state index >= 15 is 0 Å². The Morgan fingerprint density at radius 2 is 1.80 bits per heavy atom. The molecule has 0 unspecified atom stereocenters. The van der Waals surface area contributed by atoms with Crippen molar-refractivity contribution in [2.45, 2.75) is 26.4 Å². The Balaban J connectivity index is 2.39. The van der Waals surface area contributed by atoms with Crippen molar-refractivity contribution in [3.05, 3.63) is 0 Å². The van der Waals surface area contributed by atoms with Crippen LogP contribution >= 0.6 is 0 Å². The molecule has 0 aromatic carbocycles. The van der Waals surface area contributed by atoms with E-state index in [1.54, 1.807) is 0 Å². The maximum absolute atomic E-state index is 11.9. The average Bonchev–Trinajstić information content (AvgIpc) is 2.35. The Morgan fingerprint density at radius 1 is 1.30 bits per heavy atom. The van der Waals surface area contributed by atoms with Gasteiger partial charge >= 0.3 is 6.18 Å². The summed E-state index contributed by atoms with van der Waals surface area (Å²) >= 11 is 0. The number of hydrogen-bond donors (Lipinski definition) is 0. The van der Waals surface area contributed by atoms with E-state index < -0.39 is 12.1 Å². The zero-order valence-corrected chi connectivity index (χ0v) is 6.07. The monoisotopic (exact) mass is 152 g/mol. The summed E-state index contributed by atoms with van der Waals surface area (Å²) in [6, 6.07) is 0. The SMILES string of the molecule is CC(C)[C@@H]1C[C@H]1C(F)(F)F. The van der Waals surface area contributed by atoms with Gasteiger partial charge in [-0.2, -0.15) is 13.2 Å². The van der Waals surface area contributed by atoms with Crippen LogP contribution in [0.1, 0.15) is 20.3 Å². The predicted molar refractivity (Wildman–Crippen MR) is 32.5 cm³/mol. The lowest BCUT2D eigenvalue weighted by Gasteiger charge is -2.06. The molecule has 10 heavy (non-hydrogen) atoms. The van der Waals surface area contributed by atoms with Gasteiger partial charge in [-0.25, -0.2) is 0 Å². The van der Waals surface area contributed by atoms with Gasteiger partial charge < -0.3 is 0 Å². The van der Waals surface area contributed by atoms with Crippen molar-refractivity contribution in [1.82, 2.24) is 0 Å². The molecule has 0 spiro atoms. The first kappa shape index (κ1) is 7.89. The van der Waals surface area contributed by atoms with Gasteiger partial charge in [-0.3, -0.25) is 0 Å². The fourth-order valence-corrected chi connectivity index (χ4v) is 1.33. The smallest absolute Gasteiger partial charge is 0.171 e. The molecule has 1 aliphatic rings. The van der Waals surface area contributed by atoms with Crippen molar-refractivity contribution < 1.29 is 13.2 Å². The zero-order valence-electron chi connectivity index (χ0n) is 6.07. The molecule has 0 heterocycles. The Hall–Kier alpha value is -0.210. The minimum atomic E-state index is -3.94. The van der Waals surface area contributed by atoms with Crippen LogP contribution in [-0.2, 0) is 0 Å². The molecule has 0 saturated heterocycles. The standard InChI is InChI=1S/C7H11F3/c1-4(2)5-3-6(5)7(8,9)10/h4-6H,3H2,1-2H3/t5-,6+/m0/s1. The van der Waals surface area contributed by atoms with Crippen LogP contribution in [0.25, 0.3) is 0 Å². The third-order valence-electron chi connectivity index (χ3n) is 2.12. The highest BCUT2D eigenvalue weighted by Crippen LogP contribution is 2.53. The van der Waals surface area contributed by atoms with E-state index in [-0.39, 0.29) is 11.8 Å². The van der Waals surface area contributed by atoms with Crippen molar-refractivity contribution in [2.75, 3.05) is 0 Å². The second kappa shape index (κ2) is 2.14. The lowest BCUT2D eigenvalue weighted by molar-refractivity contribution is -0.152. The Morgan fingerprint density at radius 3 is 1.90 bits per heavy atom. The molecular weight excluding hydrogens is 141 g/mol. The van der Waals surface area contributed by atoms with Gasteiger partial charge in [0.15, 0.2) is 0 Å². The van der Waals surface area contributed by atoms with Crippen LogP contribution in [0.2, 0.25) is 0 Å². The lowest BCUT2D eigenvalue weighted by atomic mass is 10.1. The first-order valence-corrected chi connectivity index (χ1v) is 3.49. The van der Waals surface area contributed by atoms with Crippen molar-refractivity contribution in [3.63, 3.8) is 0 Å². The predicted octanol–water partition coefficient (Wildman–Crippen LogP) is 2.84. The molecule has 0 aromatic rings. The second-order valence-corrected chi connectivity index (χ2v) is 3.29. The molecule has 0 bridgehead atoms. The highest BCUT2D eigenvalue weighted by molar-refractivity contribution is 4.92. The van der Waals surface area contributed by atoms with E-state index in [1.807, 2.05) is 13.8 Å². The van der Waals surface area contributed by atoms with Gasteiger partial charge in [0.25, 0.3) is 0 Å². The summed E-state index contributed by atoms with van der Waals surface area (Å²) in [6.07, 6.45) is -3.59. The summed E-state index contributed by atoms with van der Waals surface area (Å²) in [7, 11) is 0. The van der Waals surface area contributed by atoms with Crippen LogP contribution < -0.4 is 0 Å². The van der Waals surface area contributed by atoms with Crippen molar-refractivity contribution in [2.24, 2.45) is 17.8 Å². The number of hydrogen-bond acceptors (Lipinski definition) is 0. The first-order valence-electron chi connectivity index (χ1n) is 3.49. The molecule has 0 N–H and O–H groups in total. The molecule has 1 fully saturated rings. The van der Waals surface area contributed by atoms with Crippen molar-refractivity contribution in [3.8, 4) is 0 Å². The first-order chi connectivity index (χ1) is 4.43. The summed E-state index contributed by atoms with van der Waals surface area (Å²) in [5.41, 5.74) is 0. The van der Waals surface area contributed by atoms with E-state index in [0.29, 0.717) is 6.42 Å². The van der Waals surface area contributed by atoms with Crippen LogP contribution in [0.15, 0.2) is 0 Å². The van der Waals surface area contributed by atoms with Gasteiger partial charge in [-0.15, -0.1) is 0 Å². The lowest BCUT2D eigenvalue weighted by Crippen LogP contribution is -2.13. The third kappa shape index (κ3) is 1.44. The third-order valence-corrected chi connectivity index (χ3v) is 2.12. The maximum Gasteiger partial charge on any atom is 0.392 e. The minimum Gasteiger partial charge on any atom is -0.171 e. The average molecular weight is 152 g/mol. The van der Waals surface area contributed by atoms with E-state index in [9.17, 15) is 13.2 Å². The van der Waals surface area contributed by atoms with E-state index in [4.69, 9.17) is 0 Å². The molecule has 60 valence electrons. The van der Waals surface area contributed by atoms with Crippen LogP contribution in [0.5, 0.6) is 0 Å². The molecule has 1 aliphatic carbocycles. The van der Waals surface area contributed by atoms with Gasteiger partial charge in [0, 0.05) is 0 Å². The molecule has 3 heteroatoms. The summed E-state index contributed by atoms with van der Waals surface area (Å²) in [6.45, 7) is 3.69. The molecule has 2 atom stereocenters. The van der Waals surface area contributed by atoms with Gasteiger partial charge in [0.05, 0.1) is 5.92 Å².